The zero-order valence-corrected chi connectivity index (χ0v) is 8.39. The fourth-order valence-electron chi connectivity index (χ4n) is 1.76. The van der Waals surface area contributed by atoms with Crippen LogP contribution in [0.25, 0.3) is 0 Å². The number of amides is 1. The van der Waals surface area contributed by atoms with Crippen LogP contribution in [-0.2, 0) is 4.79 Å². The Bertz CT molecular complexity index is 369. The van der Waals surface area contributed by atoms with Crippen LogP contribution in [-0.4, -0.2) is 22.0 Å². The lowest BCUT2D eigenvalue weighted by Gasteiger charge is -2.19. The summed E-state index contributed by atoms with van der Waals surface area (Å²) in [5, 5.41) is 2.85. The number of carbonyl (C=O) groups excluding carboxylic acids is 1. The van der Waals surface area contributed by atoms with E-state index >= 15 is 0 Å². The summed E-state index contributed by atoms with van der Waals surface area (Å²) in [5.74, 6) is 0.0483. The molecule has 0 radical (unpaired) electrons. The summed E-state index contributed by atoms with van der Waals surface area (Å²) in [7, 11) is 0. The molecule has 0 bridgehead atoms. The highest BCUT2D eigenvalue weighted by atomic mass is 16.1. The van der Waals surface area contributed by atoms with Crippen molar-refractivity contribution in [3.05, 3.63) is 30.5 Å². The molecule has 5 heteroatoms. The highest BCUT2D eigenvalue weighted by molar-refractivity contribution is 5.82. The number of rotatable bonds is 4. The van der Waals surface area contributed by atoms with Crippen molar-refractivity contribution < 1.29 is 4.79 Å². The Morgan fingerprint density at radius 2 is 2.53 bits per heavy atom. The maximum Gasteiger partial charge on any atom is 0.228 e. The number of hydrogen-bond acceptors (Lipinski definition) is 3. The largest absolute Gasteiger partial charge is 0.330 e. The molecule has 1 amide bonds. The van der Waals surface area contributed by atoms with Crippen molar-refractivity contribution in [3.63, 3.8) is 0 Å². The van der Waals surface area contributed by atoms with Crippen LogP contribution in [0.15, 0.2) is 30.5 Å². The minimum absolute atomic E-state index is 0.0483. The molecule has 0 aromatic carbocycles. The summed E-state index contributed by atoms with van der Waals surface area (Å²) in [6, 6.07) is 0.101. The first-order valence-electron chi connectivity index (χ1n) is 4.98. The molecule has 0 saturated heterocycles. The average molecular weight is 206 g/mol. The van der Waals surface area contributed by atoms with Gasteiger partial charge in [-0.2, -0.15) is 0 Å². The predicted molar refractivity (Wildman–Crippen MR) is 55.8 cm³/mol. The van der Waals surface area contributed by atoms with Crippen molar-refractivity contribution in [2.45, 2.75) is 18.9 Å². The van der Waals surface area contributed by atoms with Crippen LogP contribution >= 0.6 is 0 Å². The van der Waals surface area contributed by atoms with Gasteiger partial charge >= 0.3 is 0 Å². The molecule has 80 valence electrons. The molecule has 2 heterocycles. The molecular weight excluding hydrogens is 192 g/mol. The predicted octanol–water partition coefficient (Wildman–Crippen LogP) is 0.177. The molecule has 0 fully saturated rings. The van der Waals surface area contributed by atoms with Gasteiger partial charge in [0, 0.05) is 24.5 Å². The number of nitrogens with two attached hydrogens (primary N) is 1. The summed E-state index contributed by atoms with van der Waals surface area (Å²) in [6.07, 6.45) is 8.52. The summed E-state index contributed by atoms with van der Waals surface area (Å²) in [5.41, 5.74) is 6.50. The van der Waals surface area contributed by atoms with E-state index in [2.05, 4.69) is 10.3 Å². The van der Waals surface area contributed by atoms with E-state index in [0.717, 1.165) is 12.1 Å². The quantitative estimate of drug-likeness (QED) is 0.738. The molecule has 1 unspecified atom stereocenters. The SMILES string of the molecule is NCCC(C1=CCC(=O)N1)n1ccnc1. The Morgan fingerprint density at radius 1 is 1.67 bits per heavy atom. The van der Waals surface area contributed by atoms with Crippen molar-refractivity contribution in [2.24, 2.45) is 5.73 Å². The van der Waals surface area contributed by atoms with Crippen molar-refractivity contribution >= 4 is 5.91 Å². The fourth-order valence-corrected chi connectivity index (χ4v) is 1.76. The maximum atomic E-state index is 11.1. The third-order valence-corrected chi connectivity index (χ3v) is 2.47. The van der Waals surface area contributed by atoms with E-state index in [1.807, 2.05) is 16.8 Å². The van der Waals surface area contributed by atoms with Crippen LogP contribution in [0.4, 0.5) is 0 Å². The lowest BCUT2D eigenvalue weighted by Crippen LogP contribution is -2.24. The molecule has 0 aliphatic carbocycles. The van der Waals surface area contributed by atoms with E-state index in [-0.39, 0.29) is 11.9 Å². The molecule has 3 N–H and O–H groups in total. The third kappa shape index (κ3) is 2.07. The minimum Gasteiger partial charge on any atom is -0.330 e. The van der Waals surface area contributed by atoms with Gasteiger partial charge in [-0.05, 0) is 13.0 Å². The molecule has 1 aromatic rings. The van der Waals surface area contributed by atoms with Gasteiger partial charge in [0.2, 0.25) is 5.91 Å². The summed E-state index contributed by atoms with van der Waals surface area (Å²) < 4.78 is 1.96. The van der Waals surface area contributed by atoms with Crippen LogP contribution in [0.3, 0.4) is 0 Å². The Hall–Kier alpha value is -1.62. The topological polar surface area (TPSA) is 72.9 Å². The average Bonchev–Trinajstić information content (AvgIpc) is 2.85. The second-order valence-electron chi connectivity index (χ2n) is 3.51. The van der Waals surface area contributed by atoms with Crippen molar-refractivity contribution in [3.8, 4) is 0 Å². The molecule has 1 atom stereocenters. The number of carbonyl (C=O) groups is 1. The van der Waals surface area contributed by atoms with Gasteiger partial charge < -0.3 is 15.6 Å². The van der Waals surface area contributed by atoms with Crippen LogP contribution < -0.4 is 11.1 Å². The van der Waals surface area contributed by atoms with E-state index < -0.39 is 0 Å². The maximum absolute atomic E-state index is 11.1. The molecule has 5 nitrogen and oxygen atoms in total. The van der Waals surface area contributed by atoms with Gasteiger partial charge in [0.05, 0.1) is 12.4 Å². The molecule has 1 aromatic heterocycles. The van der Waals surface area contributed by atoms with Crippen LogP contribution in [0, 0.1) is 0 Å². The summed E-state index contributed by atoms with van der Waals surface area (Å²) >= 11 is 0. The Morgan fingerprint density at radius 3 is 3.07 bits per heavy atom. The second kappa shape index (κ2) is 4.27. The summed E-state index contributed by atoms with van der Waals surface area (Å²) in [4.78, 5) is 15.1. The number of allylic oxidation sites excluding steroid dienone is 1. The van der Waals surface area contributed by atoms with E-state index in [9.17, 15) is 4.79 Å². The van der Waals surface area contributed by atoms with Crippen molar-refractivity contribution in [1.82, 2.24) is 14.9 Å². The van der Waals surface area contributed by atoms with Crippen LogP contribution in [0.2, 0.25) is 0 Å². The lowest BCUT2D eigenvalue weighted by molar-refractivity contribution is -0.118. The third-order valence-electron chi connectivity index (χ3n) is 2.47. The molecule has 15 heavy (non-hydrogen) atoms. The normalized spacial score (nSPS) is 17.4. The zero-order valence-electron chi connectivity index (χ0n) is 8.39. The van der Waals surface area contributed by atoms with Crippen molar-refractivity contribution in [1.29, 1.82) is 0 Å². The molecular formula is C10H14N4O. The van der Waals surface area contributed by atoms with E-state index in [4.69, 9.17) is 5.73 Å². The Balaban J connectivity index is 2.17. The first-order valence-corrected chi connectivity index (χ1v) is 4.98. The highest BCUT2D eigenvalue weighted by Gasteiger charge is 2.21. The highest BCUT2D eigenvalue weighted by Crippen LogP contribution is 2.22. The Kier molecular flexibility index (Phi) is 2.82. The molecule has 0 saturated carbocycles. The van der Waals surface area contributed by atoms with Gasteiger partial charge in [0.25, 0.3) is 0 Å². The van der Waals surface area contributed by atoms with Gasteiger partial charge in [-0.3, -0.25) is 4.79 Å². The first-order chi connectivity index (χ1) is 7.31. The first kappa shape index (κ1) is 9.92. The Labute approximate surface area is 88.0 Å². The summed E-state index contributed by atoms with van der Waals surface area (Å²) in [6.45, 7) is 0.579. The monoisotopic (exact) mass is 206 g/mol. The molecule has 0 spiro atoms. The lowest BCUT2D eigenvalue weighted by atomic mass is 10.1. The fraction of sp³-hybridized carbons (Fsp3) is 0.400. The molecule has 2 rings (SSSR count). The smallest absolute Gasteiger partial charge is 0.228 e. The van der Waals surface area contributed by atoms with Gasteiger partial charge in [0.1, 0.15) is 0 Å². The zero-order chi connectivity index (χ0) is 10.7. The van der Waals surface area contributed by atoms with Gasteiger partial charge in [-0.15, -0.1) is 0 Å². The second-order valence-corrected chi connectivity index (χ2v) is 3.51. The number of aromatic nitrogens is 2. The number of nitrogens with zero attached hydrogens (tertiary/aromatic N) is 2. The van der Waals surface area contributed by atoms with Crippen LogP contribution in [0.1, 0.15) is 18.9 Å². The van der Waals surface area contributed by atoms with Crippen molar-refractivity contribution in [2.75, 3.05) is 6.54 Å². The minimum atomic E-state index is 0.0483. The standard InChI is InChI=1S/C10H14N4O/c11-4-3-9(14-6-5-12-7-14)8-1-2-10(15)13-8/h1,5-7,9H,2-4,11H2,(H,13,15). The molecule has 1 aliphatic rings. The van der Waals surface area contributed by atoms with Gasteiger partial charge in [-0.1, -0.05) is 6.08 Å². The van der Waals surface area contributed by atoms with E-state index in [1.165, 1.54) is 0 Å². The number of hydrogen-bond donors (Lipinski definition) is 2. The number of imidazole rings is 1. The van der Waals surface area contributed by atoms with E-state index in [1.54, 1.807) is 12.5 Å². The van der Waals surface area contributed by atoms with Gasteiger partial charge in [0.15, 0.2) is 0 Å². The molecule has 1 aliphatic heterocycles. The van der Waals surface area contributed by atoms with Gasteiger partial charge in [-0.25, -0.2) is 4.98 Å². The van der Waals surface area contributed by atoms with Crippen LogP contribution in [0.5, 0.6) is 0 Å². The van der Waals surface area contributed by atoms with E-state index in [0.29, 0.717) is 13.0 Å². The number of nitrogens with one attached hydrogen (secondary N) is 1.